The number of ether oxygens (including phenoxy) is 2. The molecule has 3 unspecified atom stereocenters. The van der Waals surface area contributed by atoms with Gasteiger partial charge in [-0.3, -0.25) is 4.79 Å². The summed E-state index contributed by atoms with van der Waals surface area (Å²) < 4.78 is 11.4. The first-order chi connectivity index (χ1) is 11.6. The highest BCUT2D eigenvalue weighted by Gasteiger charge is 2.33. The molecule has 3 atom stereocenters. The fraction of sp³-hybridized carbons (Fsp3) is 0.706. The van der Waals surface area contributed by atoms with E-state index in [1.165, 1.54) is 0 Å². The molecule has 2 saturated heterocycles. The van der Waals surface area contributed by atoms with Crippen molar-refractivity contribution in [3.63, 3.8) is 0 Å². The predicted octanol–water partition coefficient (Wildman–Crippen LogP) is 1.22. The SMILES string of the molecule is CC1CN(c2ncc3c(n2)CN(CC2CCCO2)C3=O)CC(C)O1. The summed E-state index contributed by atoms with van der Waals surface area (Å²) in [7, 11) is 0. The van der Waals surface area contributed by atoms with Crippen molar-refractivity contribution in [2.24, 2.45) is 0 Å². The molecule has 1 amide bonds. The van der Waals surface area contributed by atoms with E-state index in [1.54, 1.807) is 6.20 Å². The van der Waals surface area contributed by atoms with Crippen molar-refractivity contribution in [1.29, 1.82) is 0 Å². The highest BCUT2D eigenvalue weighted by Crippen LogP contribution is 2.25. The summed E-state index contributed by atoms with van der Waals surface area (Å²) in [5.41, 5.74) is 1.46. The Morgan fingerprint density at radius 1 is 1.29 bits per heavy atom. The number of nitrogens with zero attached hydrogens (tertiary/aromatic N) is 4. The molecule has 0 spiro atoms. The van der Waals surface area contributed by atoms with E-state index in [-0.39, 0.29) is 24.2 Å². The molecule has 0 aromatic carbocycles. The molecule has 130 valence electrons. The van der Waals surface area contributed by atoms with E-state index in [1.807, 2.05) is 4.90 Å². The fourth-order valence-electron chi connectivity index (χ4n) is 3.80. The third-order valence-electron chi connectivity index (χ3n) is 4.86. The molecular weight excluding hydrogens is 308 g/mol. The van der Waals surface area contributed by atoms with Crippen LogP contribution in [0, 0.1) is 0 Å². The smallest absolute Gasteiger partial charge is 0.257 e. The largest absolute Gasteiger partial charge is 0.376 e. The topological polar surface area (TPSA) is 67.8 Å². The molecule has 4 heterocycles. The van der Waals surface area contributed by atoms with Gasteiger partial charge in [-0.05, 0) is 26.7 Å². The van der Waals surface area contributed by atoms with Gasteiger partial charge in [-0.2, -0.15) is 0 Å². The van der Waals surface area contributed by atoms with E-state index in [0.29, 0.717) is 24.6 Å². The van der Waals surface area contributed by atoms with Crippen molar-refractivity contribution < 1.29 is 14.3 Å². The molecule has 0 aliphatic carbocycles. The van der Waals surface area contributed by atoms with E-state index in [4.69, 9.17) is 9.47 Å². The Kier molecular flexibility index (Phi) is 4.14. The van der Waals surface area contributed by atoms with Gasteiger partial charge in [0.2, 0.25) is 5.95 Å². The molecule has 0 radical (unpaired) electrons. The van der Waals surface area contributed by atoms with E-state index in [2.05, 4.69) is 28.7 Å². The minimum absolute atomic E-state index is 0.0239. The van der Waals surface area contributed by atoms with Crippen molar-refractivity contribution in [3.8, 4) is 0 Å². The molecule has 1 aromatic heterocycles. The number of morpholine rings is 1. The summed E-state index contributed by atoms with van der Waals surface area (Å²) in [5.74, 6) is 0.721. The molecule has 0 N–H and O–H groups in total. The minimum Gasteiger partial charge on any atom is -0.376 e. The van der Waals surface area contributed by atoms with Gasteiger partial charge in [0.05, 0.1) is 36.1 Å². The Bertz CT molecular complexity index is 622. The zero-order chi connectivity index (χ0) is 16.7. The van der Waals surface area contributed by atoms with Gasteiger partial charge in [0.25, 0.3) is 5.91 Å². The van der Waals surface area contributed by atoms with Gasteiger partial charge >= 0.3 is 0 Å². The van der Waals surface area contributed by atoms with Crippen LogP contribution in [0.15, 0.2) is 6.20 Å². The molecular formula is C17H24N4O3. The van der Waals surface area contributed by atoms with E-state index in [9.17, 15) is 4.79 Å². The highest BCUT2D eigenvalue weighted by molar-refractivity contribution is 5.97. The van der Waals surface area contributed by atoms with Crippen LogP contribution in [-0.4, -0.2) is 65.3 Å². The van der Waals surface area contributed by atoms with E-state index < -0.39 is 0 Å². The Balaban J connectivity index is 1.49. The number of amides is 1. The first kappa shape index (κ1) is 15.8. The summed E-state index contributed by atoms with van der Waals surface area (Å²) in [6.07, 6.45) is 4.26. The molecule has 3 aliphatic heterocycles. The monoisotopic (exact) mass is 332 g/mol. The van der Waals surface area contributed by atoms with E-state index >= 15 is 0 Å². The number of anilines is 1. The third-order valence-corrected chi connectivity index (χ3v) is 4.86. The third kappa shape index (κ3) is 2.98. The zero-order valence-corrected chi connectivity index (χ0v) is 14.3. The van der Waals surface area contributed by atoms with Crippen molar-refractivity contribution in [3.05, 3.63) is 17.5 Å². The number of hydrogen-bond acceptors (Lipinski definition) is 6. The number of carbonyl (C=O) groups is 1. The number of hydrogen-bond donors (Lipinski definition) is 0. The molecule has 7 nitrogen and oxygen atoms in total. The van der Waals surface area contributed by atoms with Gasteiger partial charge in [0.1, 0.15) is 0 Å². The fourth-order valence-corrected chi connectivity index (χ4v) is 3.80. The normalized spacial score (nSPS) is 30.1. The minimum atomic E-state index is 0.0239. The number of fused-ring (bicyclic) bond motifs is 1. The van der Waals surface area contributed by atoms with Gasteiger partial charge in [0.15, 0.2) is 0 Å². The maximum Gasteiger partial charge on any atom is 0.257 e. The molecule has 2 fully saturated rings. The lowest BCUT2D eigenvalue weighted by Gasteiger charge is -2.35. The quantitative estimate of drug-likeness (QED) is 0.829. The van der Waals surface area contributed by atoms with Crippen LogP contribution in [0.4, 0.5) is 5.95 Å². The molecule has 24 heavy (non-hydrogen) atoms. The van der Waals surface area contributed by atoms with Crippen molar-refractivity contribution in [2.75, 3.05) is 31.1 Å². The van der Waals surface area contributed by atoms with Gasteiger partial charge in [-0.15, -0.1) is 0 Å². The number of aromatic nitrogens is 2. The second-order valence-electron chi connectivity index (χ2n) is 7.01. The Morgan fingerprint density at radius 3 is 2.79 bits per heavy atom. The maximum atomic E-state index is 12.5. The first-order valence-corrected chi connectivity index (χ1v) is 8.77. The summed E-state index contributed by atoms with van der Waals surface area (Å²) in [6, 6.07) is 0. The lowest BCUT2D eigenvalue weighted by molar-refractivity contribution is -0.00573. The molecule has 7 heteroatoms. The predicted molar refractivity (Wildman–Crippen MR) is 88.0 cm³/mol. The summed E-state index contributed by atoms with van der Waals surface area (Å²) in [5, 5.41) is 0. The van der Waals surface area contributed by atoms with Crippen LogP contribution in [0.25, 0.3) is 0 Å². The van der Waals surface area contributed by atoms with Crippen LogP contribution >= 0.6 is 0 Å². The van der Waals surface area contributed by atoms with Gasteiger partial charge in [-0.25, -0.2) is 9.97 Å². The number of carbonyl (C=O) groups excluding carboxylic acids is 1. The van der Waals surface area contributed by atoms with Crippen molar-refractivity contribution >= 4 is 11.9 Å². The average molecular weight is 332 g/mol. The van der Waals surface area contributed by atoms with Crippen LogP contribution in [0.3, 0.4) is 0 Å². The van der Waals surface area contributed by atoms with Crippen LogP contribution in [0.5, 0.6) is 0 Å². The average Bonchev–Trinajstić information content (AvgIpc) is 3.15. The second kappa shape index (κ2) is 6.29. The number of rotatable bonds is 3. The van der Waals surface area contributed by atoms with Crippen LogP contribution in [-0.2, 0) is 16.0 Å². The Morgan fingerprint density at radius 2 is 2.08 bits per heavy atom. The molecule has 0 saturated carbocycles. The Labute approximate surface area is 142 Å². The van der Waals surface area contributed by atoms with Crippen LogP contribution in [0.1, 0.15) is 42.7 Å². The van der Waals surface area contributed by atoms with Crippen molar-refractivity contribution in [2.45, 2.75) is 51.5 Å². The zero-order valence-electron chi connectivity index (χ0n) is 14.3. The van der Waals surface area contributed by atoms with Gasteiger partial charge in [0, 0.05) is 32.4 Å². The molecule has 1 aromatic rings. The summed E-state index contributed by atoms with van der Waals surface area (Å²) in [4.78, 5) is 25.6. The van der Waals surface area contributed by atoms with Crippen LogP contribution < -0.4 is 4.90 Å². The van der Waals surface area contributed by atoms with Gasteiger partial charge in [-0.1, -0.05) is 0 Å². The first-order valence-electron chi connectivity index (χ1n) is 8.77. The van der Waals surface area contributed by atoms with Gasteiger partial charge < -0.3 is 19.3 Å². The summed E-state index contributed by atoms with van der Waals surface area (Å²) in [6.45, 7) is 7.67. The van der Waals surface area contributed by atoms with E-state index in [0.717, 1.165) is 38.2 Å². The van der Waals surface area contributed by atoms with Crippen LogP contribution in [0.2, 0.25) is 0 Å². The lowest BCUT2D eigenvalue weighted by Crippen LogP contribution is -2.46. The Hall–Kier alpha value is -1.73. The molecule has 3 aliphatic rings. The molecule has 0 bridgehead atoms. The highest BCUT2D eigenvalue weighted by atomic mass is 16.5. The summed E-state index contributed by atoms with van der Waals surface area (Å²) >= 11 is 0. The maximum absolute atomic E-state index is 12.5. The molecule has 4 rings (SSSR count). The second-order valence-corrected chi connectivity index (χ2v) is 7.01. The standard InChI is InChI=1S/C17H24N4O3/c1-11-7-21(8-12(2)24-11)17-18-6-14-15(19-17)10-20(16(14)22)9-13-4-3-5-23-13/h6,11-13H,3-5,7-10H2,1-2H3. The lowest BCUT2D eigenvalue weighted by atomic mass is 10.2. The van der Waals surface area contributed by atoms with Crippen molar-refractivity contribution in [1.82, 2.24) is 14.9 Å².